The molecule has 0 unspecified atom stereocenters. The van der Waals surface area contributed by atoms with Crippen molar-refractivity contribution in [2.75, 3.05) is 6.54 Å². The highest BCUT2D eigenvalue weighted by Gasteiger charge is 2.18. The zero-order chi connectivity index (χ0) is 18.0. The average molecular weight is 380 g/mol. The van der Waals surface area contributed by atoms with Gasteiger partial charge in [-0.1, -0.05) is 0 Å². The zero-order valence-electron chi connectivity index (χ0n) is 13.2. The number of rotatable bonds is 5. The van der Waals surface area contributed by atoms with E-state index in [-0.39, 0.29) is 6.54 Å². The Labute approximate surface area is 150 Å². The smallest absolute Gasteiger partial charge is 0.258 e. The van der Waals surface area contributed by atoms with Crippen LogP contribution in [-0.4, -0.2) is 22.5 Å². The van der Waals surface area contributed by atoms with E-state index in [0.29, 0.717) is 18.6 Å². The summed E-state index contributed by atoms with van der Waals surface area (Å²) in [4.78, 5) is 18.5. The van der Waals surface area contributed by atoms with Gasteiger partial charge in [0, 0.05) is 28.9 Å². The minimum atomic E-state index is -1.09. The largest absolute Gasteiger partial charge is 0.507 e. The molecule has 4 nitrogen and oxygen atoms in total. The first kappa shape index (κ1) is 17.5. The molecule has 0 aliphatic rings. The van der Waals surface area contributed by atoms with Crippen molar-refractivity contribution >= 4 is 28.6 Å². The second-order valence-corrected chi connectivity index (χ2v) is 7.54. The third-order valence-electron chi connectivity index (χ3n) is 3.45. The third kappa shape index (κ3) is 4.02. The van der Waals surface area contributed by atoms with Gasteiger partial charge in [-0.3, -0.25) is 4.79 Å². The summed E-state index contributed by atoms with van der Waals surface area (Å²) in [6.45, 7) is 2.22. The Morgan fingerprint density at radius 1 is 1.32 bits per heavy atom. The number of phenols is 1. The molecule has 0 saturated heterocycles. The summed E-state index contributed by atoms with van der Waals surface area (Å²) in [6.07, 6.45) is 0.559. The number of halogens is 2. The van der Waals surface area contributed by atoms with E-state index in [1.807, 2.05) is 24.4 Å². The van der Waals surface area contributed by atoms with Crippen LogP contribution in [0.4, 0.5) is 8.78 Å². The van der Waals surface area contributed by atoms with E-state index >= 15 is 0 Å². The molecule has 0 radical (unpaired) electrons. The zero-order valence-corrected chi connectivity index (χ0v) is 14.8. The van der Waals surface area contributed by atoms with Crippen molar-refractivity contribution in [3.8, 4) is 16.3 Å². The number of aromatic hydroxyl groups is 1. The van der Waals surface area contributed by atoms with Gasteiger partial charge in [0.05, 0.1) is 15.6 Å². The number of nitrogens with zero attached hydrogens (tertiary/aromatic N) is 1. The van der Waals surface area contributed by atoms with Crippen LogP contribution in [0, 0.1) is 18.6 Å². The molecule has 0 saturated carbocycles. The maximum atomic E-state index is 13.6. The summed E-state index contributed by atoms with van der Waals surface area (Å²) < 4.78 is 26.6. The molecule has 2 heterocycles. The number of thiazole rings is 1. The van der Waals surface area contributed by atoms with Crippen molar-refractivity contribution < 1.29 is 18.7 Å². The first-order valence-electron chi connectivity index (χ1n) is 7.41. The molecule has 130 valence electrons. The Kier molecular flexibility index (Phi) is 5.10. The molecule has 3 aromatic rings. The molecule has 25 heavy (non-hydrogen) atoms. The van der Waals surface area contributed by atoms with Crippen LogP contribution in [0.2, 0.25) is 0 Å². The van der Waals surface area contributed by atoms with E-state index in [0.717, 1.165) is 20.5 Å². The normalized spacial score (nSPS) is 10.8. The Bertz CT molecular complexity index is 898. The topological polar surface area (TPSA) is 62.2 Å². The Morgan fingerprint density at radius 3 is 2.80 bits per heavy atom. The number of hydrogen-bond donors (Lipinski definition) is 2. The molecule has 1 aromatic carbocycles. The lowest BCUT2D eigenvalue weighted by Gasteiger charge is -2.07. The number of thiophene rings is 1. The fraction of sp³-hybridized carbons (Fsp3) is 0.176. The van der Waals surface area contributed by atoms with E-state index in [1.165, 1.54) is 0 Å². The van der Waals surface area contributed by atoms with Gasteiger partial charge in [-0.25, -0.2) is 13.8 Å². The van der Waals surface area contributed by atoms with Crippen LogP contribution in [0.5, 0.6) is 5.75 Å². The molecule has 0 bridgehead atoms. The van der Waals surface area contributed by atoms with E-state index in [2.05, 4.69) is 10.3 Å². The highest BCUT2D eigenvalue weighted by atomic mass is 32.1. The molecule has 0 aliphatic carbocycles. The molecule has 3 rings (SSSR count). The Morgan fingerprint density at radius 2 is 2.12 bits per heavy atom. The number of amides is 1. The second kappa shape index (κ2) is 7.28. The number of carbonyl (C=O) groups is 1. The first-order valence-corrected chi connectivity index (χ1v) is 9.11. The van der Waals surface area contributed by atoms with Crippen molar-refractivity contribution in [2.24, 2.45) is 0 Å². The highest BCUT2D eigenvalue weighted by Crippen LogP contribution is 2.29. The number of nitrogens with one attached hydrogen (secondary N) is 1. The predicted octanol–water partition coefficient (Wildman–Crippen LogP) is 4.14. The van der Waals surface area contributed by atoms with Crippen LogP contribution in [0.15, 0.2) is 29.6 Å². The van der Waals surface area contributed by atoms with Gasteiger partial charge >= 0.3 is 0 Å². The first-order chi connectivity index (χ1) is 11.9. The minimum Gasteiger partial charge on any atom is -0.507 e. The molecule has 0 atom stereocenters. The van der Waals surface area contributed by atoms with Gasteiger partial charge in [0.2, 0.25) is 0 Å². The van der Waals surface area contributed by atoms with E-state index in [1.54, 1.807) is 22.7 Å². The lowest BCUT2D eigenvalue weighted by molar-refractivity contribution is 0.0947. The van der Waals surface area contributed by atoms with E-state index < -0.39 is 28.9 Å². The predicted molar refractivity (Wildman–Crippen MR) is 94.2 cm³/mol. The van der Waals surface area contributed by atoms with Crippen LogP contribution in [0.3, 0.4) is 0 Å². The van der Waals surface area contributed by atoms with Crippen LogP contribution in [0.1, 0.15) is 20.2 Å². The summed E-state index contributed by atoms with van der Waals surface area (Å²) in [5.74, 6) is -3.52. The van der Waals surface area contributed by atoms with E-state index in [4.69, 9.17) is 0 Å². The SMILES string of the molecule is Cc1nc(-c2ccc(CCNC(=O)c3c(O)cc(F)cc3F)s2)cs1. The maximum Gasteiger partial charge on any atom is 0.258 e. The van der Waals surface area contributed by atoms with Crippen molar-refractivity contribution in [2.45, 2.75) is 13.3 Å². The van der Waals surface area contributed by atoms with Crippen LogP contribution in [-0.2, 0) is 6.42 Å². The number of aromatic nitrogens is 1. The maximum absolute atomic E-state index is 13.6. The van der Waals surface area contributed by atoms with Gasteiger partial charge in [0.15, 0.2) is 0 Å². The highest BCUT2D eigenvalue weighted by molar-refractivity contribution is 7.16. The van der Waals surface area contributed by atoms with Crippen molar-refractivity contribution in [3.63, 3.8) is 0 Å². The summed E-state index contributed by atoms with van der Waals surface area (Å²) in [6, 6.07) is 5.20. The van der Waals surface area contributed by atoms with Gasteiger partial charge in [-0.2, -0.15) is 0 Å². The number of carbonyl (C=O) groups excluding carboxylic acids is 1. The van der Waals surface area contributed by atoms with Crippen LogP contribution >= 0.6 is 22.7 Å². The molecular weight excluding hydrogens is 366 g/mol. The quantitative estimate of drug-likeness (QED) is 0.699. The van der Waals surface area contributed by atoms with Crippen molar-refractivity contribution in [1.29, 1.82) is 0 Å². The van der Waals surface area contributed by atoms with Crippen LogP contribution in [0.25, 0.3) is 10.6 Å². The molecule has 1 amide bonds. The summed E-state index contributed by atoms with van der Waals surface area (Å²) in [5.41, 5.74) is 0.382. The number of aryl methyl sites for hydroxylation is 1. The van der Waals surface area contributed by atoms with E-state index in [9.17, 15) is 18.7 Å². The van der Waals surface area contributed by atoms with Crippen LogP contribution < -0.4 is 5.32 Å². The fourth-order valence-corrected chi connectivity index (χ4v) is 3.95. The monoisotopic (exact) mass is 380 g/mol. The second-order valence-electron chi connectivity index (χ2n) is 5.31. The van der Waals surface area contributed by atoms with Gasteiger partial charge in [0.1, 0.15) is 22.9 Å². The fourth-order valence-electron chi connectivity index (χ4n) is 2.30. The molecule has 2 N–H and O–H groups in total. The van der Waals surface area contributed by atoms with Gasteiger partial charge in [-0.05, 0) is 25.5 Å². The molecular formula is C17H14F2N2O2S2. The van der Waals surface area contributed by atoms with Crippen molar-refractivity contribution in [1.82, 2.24) is 10.3 Å². The molecule has 0 spiro atoms. The third-order valence-corrected chi connectivity index (χ3v) is 5.39. The minimum absolute atomic E-state index is 0.269. The lowest BCUT2D eigenvalue weighted by Crippen LogP contribution is -2.26. The van der Waals surface area contributed by atoms with Crippen molar-refractivity contribution in [3.05, 3.63) is 56.7 Å². The number of phenolic OH excluding ortho intramolecular Hbond substituents is 1. The molecule has 0 aliphatic heterocycles. The summed E-state index contributed by atoms with van der Waals surface area (Å²) >= 11 is 3.16. The molecule has 0 fully saturated rings. The van der Waals surface area contributed by atoms with Gasteiger partial charge in [-0.15, -0.1) is 22.7 Å². The van der Waals surface area contributed by atoms with Gasteiger partial charge < -0.3 is 10.4 Å². The number of hydrogen-bond acceptors (Lipinski definition) is 5. The Hall–Kier alpha value is -2.32. The summed E-state index contributed by atoms with van der Waals surface area (Å²) in [5, 5.41) is 15.1. The standard InChI is InChI=1S/C17H14F2N2O2S2/c1-9-21-13(8-24-9)15-3-2-11(25-15)4-5-20-17(23)16-12(19)6-10(18)7-14(16)22/h2-3,6-8,22H,4-5H2,1H3,(H,20,23). The Balaban J connectivity index is 1.60. The summed E-state index contributed by atoms with van der Waals surface area (Å²) in [7, 11) is 0. The number of benzene rings is 1. The van der Waals surface area contributed by atoms with Gasteiger partial charge in [0.25, 0.3) is 5.91 Å². The molecule has 2 aromatic heterocycles. The average Bonchev–Trinajstić information content (AvgIpc) is 3.15. The molecule has 8 heteroatoms. The lowest BCUT2D eigenvalue weighted by atomic mass is 10.1.